The van der Waals surface area contributed by atoms with Gasteiger partial charge in [-0.25, -0.2) is 4.68 Å². The molecule has 0 radical (unpaired) electrons. The van der Waals surface area contributed by atoms with Gasteiger partial charge in [-0.3, -0.25) is 14.9 Å². The molecule has 0 bridgehead atoms. The molecule has 2 aromatic carbocycles. The number of nitrogens with two attached hydrogens (primary N) is 1. The maximum absolute atomic E-state index is 12.4. The molecule has 0 fully saturated rings. The number of anilines is 1. The Hall–Kier alpha value is -4.21. The van der Waals surface area contributed by atoms with Crippen LogP contribution in [0.25, 0.3) is 11.4 Å². The van der Waals surface area contributed by atoms with Crippen molar-refractivity contribution < 1.29 is 14.5 Å². The van der Waals surface area contributed by atoms with E-state index in [4.69, 9.17) is 10.5 Å². The number of carbonyl (C=O) groups excluding carboxylic acids is 1. The third-order valence-electron chi connectivity index (χ3n) is 4.97. The van der Waals surface area contributed by atoms with Gasteiger partial charge in [-0.2, -0.15) is 4.98 Å². The van der Waals surface area contributed by atoms with Crippen LogP contribution in [-0.2, 0) is 4.79 Å². The number of ether oxygens (including phenoxy) is 1. The smallest absolute Gasteiger partial charge is 0.269 e. The SMILES string of the molecule is CCOc1ccccc1C1C(C(N)=O)=C(C)Nc2nc(-c3ccc([N+](=O)[O-])cc3)nn21. The maximum atomic E-state index is 12.4. The first kappa shape index (κ1) is 20.1. The highest BCUT2D eigenvalue weighted by Gasteiger charge is 2.35. The van der Waals surface area contributed by atoms with Crippen LogP contribution in [0.3, 0.4) is 0 Å². The predicted molar refractivity (Wildman–Crippen MR) is 113 cm³/mol. The first-order valence-corrected chi connectivity index (χ1v) is 9.61. The van der Waals surface area contributed by atoms with Crippen molar-refractivity contribution in [2.75, 3.05) is 11.9 Å². The Morgan fingerprint density at radius 2 is 1.97 bits per heavy atom. The van der Waals surface area contributed by atoms with Gasteiger partial charge in [-0.15, -0.1) is 5.10 Å². The van der Waals surface area contributed by atoms with Crippen molar-refractivity contribution in [3.63, 3.8) is 0 Å². The Balaban J connectivity index is 1.85. The topological polar surface area (TPSA) is 138 Å². The highest BCUT2D eigenvalue weighted by molar-refractivity contribution is 5.95. The van der Waals surface area contributed by atoms with Crippen LogP contribution in [0, 0.1) is 10.1 Å². The fraction of sp³-hybridized carbons (Fsp3) is 0.190. The molecule has 0 spiro atoms. The lowest BCUT2D eigenvalue weighted by Gasteiger charge is -2.28. The van der Waals surface area contributed by atoms with E-state index >= 15 is 0 Å². The molecule has 1 aliphatic rings. The zero-order chi connectivity index (χ0) is 22.1. The molecule has 3 aromatic rings. The van der Waals surface area contributed by atoms with Gasteiger partial charge in [0.2, 0.25) is 11.9 Å². The van der Waals surface area contributed by atoms with Crippen molar-refractivity contribution in [1.82, 2.24) is 14.8 Å². The molecule has 0 aliphatic carbocycles. The number of primary amides is 1. The van der Waals surface area contributed by atoms with Crippen molar-refractivity contribution >= 4 is 17.5 Å². The number of nitrogens with one attached hydrogen (secondary N) is 1. The molecule has 10 heteroatoms. The predicted octanol–water partition coefficient (Wildman–Crippen LogP) is 3.03. The van der Waals surface area contributed by atoms with E-state index < -0.39 is 16.9 Å². The van der Waals surface area contributed by atoms with Gasteiger partial charge >= 0.3 is 0 Å². The van der Waals surface area contributed by atoms with E-state index in [9.17, 15) is 14.9 Å². The fourth-order valence-corrected chi connectivity index (χ4v) is 3.61. The average Bonchev–Trinajstić information content (AvgIpc) is 3.17. The lowest BCUT2D eigenvalue weighted by molar-refractivity contribution is -0.384. The van der Waals surface area contributed by atoms with Crippen LogP contribution < -0.4 is 15.8 Å². The summed E-state index contributed by atoms with van der Waals surface area (Å²) in [5.41, 5.74) is 7.94. The normalized spacial score (nSPS) is 15.2. The average molecular weight is 420 g/mol. The molecule has 0 saturated carbocycles. The second kappa shape index (κ2) is 7.90. The summed E-state index contributed by atoms with van der Waals surface area (Å²) in [6, 6.07) is 12.7. The molecule has 10 nitrogen and oxygen atoms in total. The minimum atomic E-state index is -0.643. The molecule has 1 unspecified atom stereocenters. The lowest BCUT2D eigenvalue weighted by atomic mass is 9.94. The summed E-state index contributed by atoms with van der Waals surface area (Å²) in [5.74, 6) is 0.808. The molecule has 158 valence electrons. The summed E-state index contributed by atoms with van der Waals surface area (Å²) < 4.78 is 7.36. The van der Waals surface area contributed by atoms with Gasteiger partial charge in [0, 0.05) is 29.0 Å². The van der Waals surface area contributed by atoms with E-state index in [2.05, 4.69) is 15.4 Å². The molecule has 0 saturated heterocycles. The van der Waals surface area contributed by atoms with Crippen molar-refractivity contribution in [3.8, 4) is 17.1 Å². The van der Waals surface area contributed by atoms with Crippen molar-refractivity contribution in [2.45, 2.75) is 19.9 Å². The summed E-state index contributed by atoms with van der Waals surface area (Å²) in [5, 5.41) is 18.6. The van der Waals surface area contributed by atoms with Crippen LogP contribution in [0.1, 0.15) is 25.5 Å². The first-order valence-electron chi connectivity index (χ1n) is 9.61. The minimum absolute atomic E-state index is 0.0251. The minimum Gasteiger partial charge on any atom is -0.494 e. The quantitative estimate of drug-likeness (QED) is 0.462. The number of amides is 1. The van der Waals surface area contributed by atoms with E-state index in [1.807, 2.05) is 31.2 Å². The molecule has 1 amide bonds. The number of aromatic nitrogens is 3. The van der Waals surface area contributed by atoms with Gasteiger partial charge in [0.15, 0.2) is 5.82 Å². The van der Waals surface area contributed by atoms with E-state index in [0.29, 0.717) is 41.0 Å². The number of non-ortho nitro benzene ring substituents is 1. The zero-order valence-corrected chi connectivity index (χ0v) is 16.9. The summed E-state index contributed by atoms with van der Waals surface area (Å²) in [6.45, 7) is 4.08. The molecule has 31 heavy (non-hydrogen) atoms. The van der Waals surface area contributed by atoms with Crippen molar-refractivity contribution in [1.29, 1.82) is 0 Å². The number of allylic oxidation sites excluding steroid dienone is 1. The second-order valence-corrected chi connectivity index (χ2v) is 6.91. The van der Waals surface area contributed by atoms with Gasteiger partial charge in [0.1, 0.15) is 11.8 Å². The number of para-hydroxylation sites is 1. The Morgan fingerprint density at radius 1 is 1.26 bits per heavy atom. The number of carbonyl (C=O) groups is 1. The highest BCUT2D eigenvalue weighted by Crippen LogP contribution is 2.39. The Bertz CT molecular complexity index is 1200. The number of fused-ring (bicyclic) bond motifs is 1. The van der Waals surface area contributed by atoms with Gasteiger partial charge in [0.05, 0.1) is 17.1 Å². The van der Waals surface area contributed by atoms with Gasteiger partial charge in [-0.1, -0.05) is 18.2 Å². The maximum Gasteiger partial charge on any atom is 0.269 e. The van der Waals surface area contributed by atoms with Crippen LogP contribution in [-0.4, -0.2) is 32.2 Å². The highest BCUT2D eigenvalue weighted by atomic mass is 16.6. The number of nitro groups is 1. The Kier molecular flexibility index (Phi) is 5.12. The fourth-order valence-electron chi connectivity index (χ4n) is 3.61. The molecule has 1 aromatic heterocycles. The van der Waals surface area contributed by atoms with E-state index in [-0.39, 0.29) is 5.69 Å². The van der Waals surface area contributed by atoms with E-state index in [0.717, 1.165) is 5.56 Å². The number of hydrogen-bond donors (Lipinski definition) is 2. The number of hydrogen-bond acceptors (Lipinski definition) is 7. The largest absolute Gasteiger partial charge is 0.494 e. The van der Waals surface area contributed by atoms with Crippen molar-refractivity contribution in [2.24, 2.45) is 5.73 Å². The molecule has 1 aliphatic heterocycles. The van der Waals surface area contributed by atoms with Gasteiger partial charge in [-0.05, 0) is 32.0 Å². The van der Waals surface area contributed by atoms with Crippen molar-refractivity contribution in [3.05, 3.63) is 75.5 Å². The molecular formula is C21H20N6O4. The monoisotopic (exact) mass is 420 g/mol. The Labute approximate surface area is 177 Å². The molecule has 1 atom stereocenters. The van der Waals surface area contributed by atoms with E-state index in [1.165, 1.54) is 12.1 Å². The molecule has 4 rings (SSSR count). The summed E-state index contributed by atoms with van der Waals surface area (Å²) in [6.07, 6.45) is 0. The van der Waals surface area contributed by atoms with Crippen LogP contribution in [0.5, 0.6) is 5.75 Å². The van der Waals surface area contributed by atoms with E-state index in [1.54, 1.807) is 23.7 Å². The third-order valence-corrected chi connectivity index (χ3v) is 4.97. The number of rotatable bonds is 6. The number of nitro benzene ring substituents is 1. The molecule has 3 N–H and O–H groups in total. The standard InChI is InChI=1S/C21H20N6O4/c1-3-31-16-7-5-4-6-15(16)18-17(19(22)28)12(2)23-21-24-20(25-26(18)21)13-8-10-14(11-9-13)27(29)30/h4-11,18H,3H2,1-2H3,(H2,22,28)(H,23,24,25). The summed E-state index contributed by atoms with van der Waals surface area (Å²) in [4.78, 5) is 27.4. The number of nitrogens with zero attached hydrogens (tertiary/aromatic N) is 4. The summed E-state index contributed by atoms with van der Waals surface area (Å²) in [7, 11) is 0. The van der Waals surface area contributed by atoms with Gasteiger partial charge < -0.3 is 15.8 Å². The molecule has 2 heterocycles. The first-order chi connectivity index (χ1) is 14.9. The third kappa shape index (κ3) is 3.59. The lowest BCUT2D eigenvalue weighted by Crippen LogP contribution is -2.32. The van der Waals surface area contributed by atoms with Crippen LogP contribution in [0.4, 0.5) is 11.6 Å². The number of benzene rings is 2. The van der Waals surface area contributed by atoms with Crippen LogP contribution in [0.2, 0.25) is 0 Å². The zero-order valence-electron chi connectivity index (χ0n) is 16.9. The van der Waals surface area contributed by atoms with Gasteiger partial charge in [0.25, 0.3) is 5.69 Å². The Morgan fingerprint density at radius 3 is 2.61 bits per heavy atom. The van der Waals surface area contributed by atoms with Crippen LogP contribution in [0.15, 0.2) is 59.8 Å². The summed E-state index contributed by atoms with van der Waals surface area (Å²) >= 11 is 0. The second-order valence-electron chi connectivity index (χ2n) is 6.91. The van der Waals surface area contributed by atoms with Crippen LogP contribution >= 0.6 is 0 Å². The molecular weight excluding hydrogens is 400 g/mol.